The second kappa shape index (κ2) is 6.46. The number of hydrogen-bond donors (Lipinski definition) is 3. The van der Waals surface area contributed by atoms with Crippen molar-refractivity contribution in [2.45, 2.75) is 58.7 Å². The van der Waals surface area contributed by atoms with Gasteiger partial charge in [0.1, 0.15) is 6.10 Å². The average Bonchev–Trinajstić information content (AvgIpc) is 2.16. The summed E-state index contributed by atoms with van der Waals surface area (Å²) in [7, 11) is 0. The van der Waals surface area contributed by atoms with Gasteiger partial charge in [0, 0.05) is 0 Å². The van der Waals surface area contributed by atoms with Crippen LogP contribution in [0.2, 0.25) is 0 Å². The van der Waals surface area contributed by atoms with Gasteiger partial charge in [-0.25, -0.2) is 0 Å². The Labute approximate surface area is 93.1 Å². The van der Waals surface area contributed by atoms with Crippen molar-refractivity contribution in [1.29, 1.82) is 0 Å². The summed E-state index contributed by atoms with van der Waals surface area (Å²) < 4.78 is 0. The van der Waals surface area contributed by atoms with Crippen LogP contribution in [0.25, 0.3) is 0 Å². The van der Waals surface area contributed by atoms with E-state index in [0.29, 0.717) is 5.92 Å². The molecule has 0 saturated heterocycles. The van der Waals surface area contributed by atoms with Crippen molar-refractivity contribution >= 4 is 0 Å². The molecular formula is C12H26O3. The largest absolute Gasteiger partial charge is 0.394 e. The van der Waals surface area contributed by atoms with E-state index in [4.69, 9.17) is 5.11 Å². The monoisotopic (exact) mass is 218 g/mol. The molecular weight excluding hydrogens is 192 g/mol. The molecule has 0 radical (unpaired) electrons. The SMILES string of the molecule is CCCCC(C(C)C)C(C)(O)C(O)CO. The summed E-state index contributed by atoms with van der Waals surface area (Å²) in [5, 5.41) is 28.8. The Morgan fingerprint density at radius 2 is 1.80 bits per heavy atom. The summed E-state index contributed by atoms with van der Waals surface area (Å²) >= 11 is 0. The van der Waals surface area contributed by atoms with Crippen LogP contribution in [0, 0.1) is 11.8 Å². The molecule has 0 heterocycles. The van der Waals surface area contributed by atoms with E-state index >= 15 is 0 Å². The zero-order valence-corrected chi connectivity index (χ0v) is 10.4. The van der Waals surface area contributed by atoms with Crippen LogP contribution >= 0.6 is 0 Å². The van der Waals surface area contributed by atoms with Crippen molar-refractivity contribution in [2.75, 3.05) is 6.61 Å². The fourth-order valence-corrected chi connectivity index (χ4v) is 2.16. The zero-order chi connectivity index (χ0) is 12.1. The molecule has 0 rings (SSSR count). The number of aliphatic hydroxyl groups is 3. The summed E-state index contributed by atoms with van der Waals surface area (Å²) in [4.78, 5) is 0. The lowest BCUT2D eigenvalue weighted by Crippen LogP contribution is -2.49. The van der Waals surface area contributed by atoms with Crippen LogP contribution in [0.5, 0.6) is 0 Å². The molecule has 0 bridgehead atoms. The average molecular weight is 218 g/mol. The second-order valence-electron chi connectivity index (χ2n) is 4.92. The third-order valence-electron chi connectivity index (χ3n) is 3.27. The first-order valence-corrected chi connectivity index (χ1v) is 5.89. The molecule has 0 amide bonds. The fraction of sp³-hybridized carbons (Fsp3) is 1.00. The molecule has 15 heavy (non-hydrogen) atoms. The molecule has 0 aliphatic carbocycles. The lowest BCUT2D eigenvalue weighted by Gasteiger charge is -2.38. The van der Waals surface area contributed by atoms with E-state index in [2.05, 4.69) is 6.92 Å². The highest BCUT2D eigenvalue weighted by Crippen LogP contribution is 2.32. The zero-order valence-electron chi connectivity index (χ0n) is 10.4. The van der Waals surface area contributed by atoms with Gasteiger partial charge in [-0.05, 0) is 25.2 Å². The Morgan fingerprint density at radius 3 is 2.13 bits per heavy atom. The molecule has 0 saturated carbocycles. The van der Waals surface area contributed by atoms with Gasteiger partial charge in [-0.15, -0.1) is 0 Å². The van der Waals surface area contributed by atoms with Gasteiger partial charge in [0.2, 0.25) is 0 Å². The van der Waals surface area contributed by atoms with Gasteiger partial charge in [-0.3, -0.25) is 0 Å². The van der Waals surface area contributed by atoms with Gasteiger partial charge in [0.05, 0.1) is 12.2 Å². The molecule has 3 unspecified atom stereocenters. The topological polar surface area (TPSA) is 60.7 Å². The summed E-state index contributed by atoms with van der Waals surface area (Å²) in [6.07, 6.45) is 1.95. The Balaban J connectivity index is 4.57. The maximum atomic E-state index is 10.2. The quantitative estimate of drug-likeness (QED) is 0.607. The Hall–Kier alpha value is -0.120. The number of hydrogen-bond acceptors (Lipinski definition) is 3. The van der Waals surface area contributed by atoms with Crippen molar-refractivity contribution in [3.05, 3.63) is 0 Å². The summed E-state index contributed by atoms with van der Waals surface area (Å²) in [5.74, 6) is 0.326. The minimum Gasteiger partial charge on any atom is -0.394 e. The molecule has 92 valence electrons. The second-order valence-corrected chi connectivity index (χ2v) is 4.92. The summed E-state index contributed by atoms with van der Waals surface area (Å²) in [6, 6.07) is 0. The van der Waals surface area contributed by atoms with E-state index in [0.717, 1.165) is 19.3 Å². The third kappa shape index (κ3) is 4.09. The van der Waals surface area contributed by atoms with E-state index in [1.54, 1.807) is 6.92 Å². The standard InChI is InChI=1S/C12H26O3/c1-5-6-7-10(9(2)3)12(4,15)11(14)8-13/h9-11,13-15H,5-8H2,1-4H3. The van der Waals surface area contributed by atoms with Gasteiger partial charge in [0.15, 0.2) is 0 Å². The fourth-order valence-electron chi connectivity index (χ4n) is 2.16. The predicted molar refractivity (Wildman–Crippen MR) is 61.6 cm³/mol. The van der Waals surface area contributed by atoms with Gasteiger partial charge >= 0.3 is 0 Å². The van der Waals surface area contributed by atoms with Crippen LogP contribution in [0.1, 0.15) is 47.0 Å². The number of rotatable bonds is 7. The smallest absolute Gasteiger partial charge is 0.106 e. The van der Waals surface area contributed by atoms with Gasteiger partial charge in [-0.1, -0.05) is 33.6 Å². The minimum absolute atomic E-state index is 0.0274. The van der Waals surface area contributed by atoms with Crippen molar-refractivity contribution in [2.24, 2.45) is 11.8 Å². The minimum atomic E-state index is -1.20. The van der Waals surface area contributed by atoms with E-state index in [-0.39, 0.29) is 12.5 Å². The van der Waals surface area contributed by atoms with Crippen LogP contribution in [0.3, 0.4) is 0 Å². The maximum Gasteiger partial charge on any atom is 0.106 e. The lowest BCUT2D eigenvalue weighted by atomic mass is 9.75. The molecule has 3 atom stereocenters. The molecule has 3 N–H and O–H groups in total. The van der Waals surface area contributed by atoms with E-state index < -0.39 is 11.7 Å². The Kier molecular flexibility index (Phi) is 6.41. The van der Waals surface area contributed by atoms with E-state index in [9.17, 15) is 10.2 Å². The number of aliphatic hydroxyl groups excluding tert-OH is 2. The van der Waals surface area contributed by atoms with Crippen LogP contribution in [-0.2, 0) is 0 Å². The van der Waals surface area contributed by atoms with Crippen molar-refractivity contribution in [1.82, 2.24) is 0 Å². The van der Waals surface area contributed by atoms with E-state index in [1.807, 2.05) is 13.8 Å². The van der Waals surface area contributed by atoms with Crippen LogP contribution in [0.15, 0.2) is 0 Å². The molecule has 3 heteroatoms. The Bertz CT molecular complexity index is 166. The van der Waals surface area contributed by atoms with Gasteiger partial charge < -0.3 is 15.3 Å². The predicted octanol–water partition coefficient (Wildman–Crippen LogP) is 1.55. The van der Waals surface area contributed by atoms with Gasteiger partial charge in [-0.2, -0.15) is 0 Å². The normalized spacial score (nSPS) is 20.0. The van der Waals surface area contributed by atoms with Crippen molar-refractivity contribution in [3.8, 4) is 0 Å². The van der Waals surface area contributed by atoms with Gasteiger partial charge in [0.25, 0.3) is 0 Å². The highest BCUT2D eigenvalue weighted by atomic mass is 16.4. The highest BCUT2D eigenvalue weighted by Gasteiger charge is 2.39. The van der Waals surface area contributed by atoms with Crippen LogP contribution in [0.4, 0.5) is 0 Å². The first-order valence-electron chi connectivity index (χ1n) is 5.89. The third-order valence-corrected chi connectivity index (χ3v) is 3.27. The molecule has 0 spiro atoms. The first-order chi connectivity index (χ1) is 6.87. The highest BCUT2D eigenvalue weighted by molar-refractivity contribution is 4.90. The van der Waals surface area contributed by atoms with Crippen LogP contribution in [-0.4, -0.2) is 33.6 Å². The summed E-state index contributed by atoms with van der Waals surface area (Å²) in [5.41, 5.74) is -1.20. The maximum absolute atomic E-state index is 10.2. The molecule has 0 aliphatic rings. The van der Waals surface area contributed by atoms with Crippen LogP contribution < -0.4 is 0 Å². The molecule has 0 aliphatic heterocycles. The lowest BCUT2D eigenvalue weighted by molar-refractivity contribution is -0.129. The van der Waals surface area contributed by atoms with Crippen molar-refractivity contribution in [3.63, 3.8) is 0 Å². The molecule has 3 nitrogen and oxygen atoms in total. The van der Waals surface area contributed by atoms with Crippen molar-refractivity contribution < 1.29 is 15.3 Å². The molecule has 0 aromatic heterocycles. The first kappa shape index (κ1) is 14.9. The molecule has 0 aromatic rings. The molecule has 0 fully saturated rings. The Morgan fingerprint density at radius 1 is 1.27 bits per heavy atom. The van der Waals surface area contributed by atoms with E-state index in [1.165, 1.54) is 0 Å². The molecule has 0 aromatic carbocycles. The number of unbranched alkanes of at least 4 members (excludes halogenated alkanes) is 1. The summed E-state index contributed by atoms with van der Waals surface area (Å²) in [6.45, 7) is 7.42.